The molecule has 0 bridgehead atoms. The fourth-order valence-electron chi connectivity index (χ4n) is 4.57. The minimum atomic E-state index is -0.0232. The summed E-state index contributed by atoms with van der Waals surface area (Å²) in [6.45, 7) is 4.16. The van der Waals surface area contributed by atoms with Gasteiger partial charge in [-0.05, 0) is 50.5 Å². The lowest BCUT2D eigenvalue weighted by atomic mass is 9.92. The van der Waals surface area contributed by atoms with E-state index in [-0.39, 0.29) is 5.56 Å². The van der Waals surface area contributed by atoms with E-state index in [9.17, 15) is 4.79 Å². The molecule has 2 aliphatic heterocycles. The van der Waals surface area contributed by atoms with E-state index in [0.717, 1.165) is 46.6 Å². The molecule has 1 aromatic carbocycles. The van der Waals surface area contributed by atoms with Crippen molar-refractivity contribution in [2.24, 2.45) is 5.92 Å². The minimum absolute atomic E-state index is 0.0232. The number of likely N-dealkylation sites (tertiary alicyclic amines) is 2. The van der Waals surface area contributed by atoms with Crippen molar-refractivity contribution in [3.05, 3.63) is 52.6 Å². The maximum absolute atomic E-state index is 12.6. The van der Waals surface area contributed by atoms with Gasteiger partial charge in [0.15, 0.2) is 0 Å². The van der Waals surface area contributed by atoms with Gasteiger partial charge in [0.05, 0.1) is 11.9 Å². The molecule has 5 nitrogen and oxygen atoms in total. The predicted octanol–water partition coefficient (Wildman–Crippen LogP) is 3.18. The van der Waals surface area contributed by atoms with Gasteiger partial charge in [-0.15, -0.1) is 11.3 Å². The first-order valence-electron chi connectivity index (χ1n) is 9.68. The summed E-state index contributed by atoms with van der Waals surface area (Å²) >= 11 is 1.60. The average molecular weight is 381 g/mol. The third-order valence-electron chi connectivity index (χ3n) is 6.04. The van der Waals surface area contributed by atoms with Crippen LogP contribution in [0.5, 0.6) is 0 Å². The van der Waals surface area contributed by atoms with Crippen molar-refractivity contribution in [1.29, 1.82) is 0 Å². The number of nitrogens with zero attached hydrogens (tertiary/aromatic N) is 3. The first kappa shape index (κ1) is 17.1. The quantitative estimate of drug-likeness (QED) is 0.758. The van der Waals surface area contributed by atoms with Gasteiger partial charge in [0.1, 0.15) is 10.7 Å². The highest BCUT2D eigenvalue weighted by molar-refractivity contribution is 7.21. The Labute approximate surface area is 162 Å². The van der Waals surface area contributed by atoms with Crippen molar-refractivity contribution in [1.82, 2.24) is 19.8 Å². The largest absolute Gasteiger partial charge is 0.309 e. The molecule has 2 fully saturated rings. The second kappa shape index (κ2) is 6.86. The maximum Gasteiger partial charge on any atom is 0.259 e. The van der Waals surface area contributed by atoms with E-state index in [1.165, 1.54) is 19.4 Å². The Balaban J connectivity index is 1.43. The van der Waals surface area contributed by atoms with Crippen LogP contribution in [0.2, 0.25) is 0 Å². The minimum Gasteiger partial charge on any atom is -0.309 e. The molecular formula is C21H24N4OS. The van der Waals surface area contributed by atoms with Crippen LogP contribution in [-0.4, -0.2) is 52.5 Å². The molecule has 140 valence electrons. The Bertz CT molecular complexity index is 1010. The number of aromatic nitrogens is 2. The highest BCUT2D eigenvalue weighted by Crippen LogP contribution is 2.33. The van der Waals surface area contributed by atoms with E-state index < -0.39 is 0 Å². The zero-order valence-electron chi connectivity index (χ0n) is 15.5. The van der Waals surface area contributed by atoms with Crippen LogP contribution in [0.3, 0.4) is 0 Å². The Kier molecular flexibility index (Phi) is 4.34. The van der Waals surface area contributed by atoms with Gasteiger partial charge in [-0.25, -0.2) is 4.98 Å². The van der Waals surface area contributed by atoms with E-state index in [4.69, 9.17) is 4.98 Å². The molecule has 0 amide bonds. The SMILES string of the molecule is CN1CC[C@H]2CCN(Cc3nc4sc(-c5ccccc5)cc4c(=O)[nH]3)[C@H]2C1. The number of H-pyrrole nitrogens is 1. The summed E-state index contributed by atoms with van der Waals surface area (Å²) in [7, 11) is 2.20. The Morgan fingerprint density at radius 1 is 1.22 bits per heavy atom. The summed E-state index contributed by atoms with van der Waals surface area (Å²) in [6.07, 6.45) is 2.55. The molecule has 4 heterocycles. The highest BCUT2D eigenvalue weighted by atomic mass is 32.1. The van der Waals surface area contributed by atoms with E-state index >= 15 is 0 Å². The van der Waals surface area contributed by atoms with Crippen molar-refractivity contribution >= 4 is 21.6 Å². The first-order valence-corrected chi connectivity index (χ1v) is 10.5. The fourth-order valence-corrected chi connectivity index (χ4v) is 5.63. The zero-order valence-corrected chi connectivity index (χ0v) is 16.3. The number of piperidine rings is 1. The lowest BCUT2D eigenvalue weighted by Gasteiger charge is -2.36. The molecule has 0 spiro atoms. The first-order chi connectivity index (χ1) is 13.2. The lowest BCUT2D eigenvalue weighted by molar-refractivity contribution is 0.117. The number of benzene rings is 1. The molecule has 0 aliphatic carbocycles. The fraction of sp³-hybridized carbons (Fsp3) is 0.429. The van der Waals surface area contributed by atoms with Crippen molar-refractivity contribution in [3.63, 3.8) is 0 Å². The van der Waals surface area contributed by atoms with Crippen LogP contribution in [0.15, 0.2) is 41.2 Å². The van der Waals surface area contributed by atoms with Crippen LogP contribution >= 0.6 is 11.3 Å². The van der Waals surface area contributed by atoms with Crippen LogP contribution in [0.4, 0.5) is 0 Å². The smallest absolute Gasteiger partial charge is 0.259 e. The number of hydrogen-bond donors (Lipinski definition) is 1. The average Bonchev–Trinajstić information content (AvgIpc) is 3.27. The Morgan fingerprint density at radius 3 is 2.89 bits per heavy atom. The lowest BCUT2D eigenvalue weighted by Crippen LogP contribution is -2.46. The van der Waals surface area contributed by atoms with E-state index in [1.54, 1.807) is 11.3 Å². The van der Waals surface area contributed by atoms with Crippen LogP contribution in [0.1, 0.15) is 18.7 Å². The third kappa shape index (κ3) is 3.22. The van der Waals surface area contributed by atoms with Gasteiger partial charge in [0, 0.05) is 17.5 Å². The molecule has 0 unspecified atom stereocenters. The van der Waals surface area contributed by atoms with Crippen LogP contribution in [0, 0.1) is 5.92 Å². The third-order valence-corrected chi connectivity index (χ3v) is 7.12. The Hall–Kier alpha value is -2.02. The topological polar surface area (TPSA) is 52.2 Å². The van der Waals surface area contributed by atoms with Gasteiger partial charge < -0.3 is 9.88 Å². The van der Waals surface area contributed by atoms with E-state index in [2.05, 4.69) is 34.0 Å². The van der Waals surface area contributed by atoms with Crippen molar-refractivity contribution in [2.45, 2.75) is 25.4 Å². The number of fused-ring (bicyclic) bond motifs is 2. The molecule has 1 N–H and O–H groups in total. The van der Waals surface area contributed by atoms with Gasteiger partial charge in [-0.2, -0.15) is 0 Å². The maximum atomic E-state index is 12.6. The predicted molar refractivity (Wildman–Crippen MR) is 110 cm³/mol. The molecule has 2 saturated heterocycles. The van der Waals surface area contributed by atoms with Crippen molar-refractivity contribution < 1.29 is 0 Å². The van der Waals surface area contributed by atoms with E-state index in [1.807, 2.05) is 24.3 Å². The molecule has 3 aromatic rings. The van der Waals surface area contributed by atoms with Gasteiger partial charge in [0.25, 0.3) is 5.56 Å². The number of hydrogen-bond acceptors (Lipinski definition) is 5. The summed E-state index contributed by atoms with van der Waals surface area (Å²) in [5.74, 6) is 1.59. The number of nitrogens with one attached hydrogen (secondary N) is 1. The standard InChI is InChI=1S/C21H24N4OS/c1-24-9-7-14-8-10-25(17(14)12-24)13-19-22-20(26)16-11-18(27-21(16)23-19)15-5-3-2-4-6-15/h2-6,11,14,17H,7-10,12-13H2,1H3,(H,22,23,26)/t14-,17-/m0/s1. The summed E-state index contributed by atoms with van der Waals surface area (Å²) in [4.78, 5) is 27.3. The molecule has 2 atom stereocenters. The molecular weight excluding hydrogens is 356 g/mol. The van der Waals surface area contributed by atoms with Gasteiger partial charge in [-0.1, -0.05) is 30.3 Å². The van der Waals surface area contributed by atoms with E-state index in [0.29, 0.717) is 11.4 Å². The number of thiophene rings is 1. The summed E-state index contributed by atoms with van der Waals surface area (Å²) in [5.41, 5.74) is 1.11. The normalized spacial score (nSPS) is 23.7. The Morgan fingerprint density at radius 2 is 2.04 bits per heavy atom. The monoisotopic (exact) mass is 380 g/mol. The van der Waals surface area contributed by atoms with Crippen LogP contribution in [-0.2, 0) is 6.54 Å². The molecule has 0 radical (unpaired) electrons. The molecule has 5 rings (SSSR count). The second-order valence-electron chi connectivity index (χ2n) is 7.85. The number of rotatable bonds is 3. The molecule has 6 heteroatoms. The van der Waals surface area contributed by atoms with Crippen LogP contribution in [0.25, 0.3) is 20.7 Å². The van der Waals surface area contributed by atoms with Gasteiger partial charge in [0.2, 0.25) is 0 Å². The molecule has 2 aliphatic rings. The van der Waals surface area contributed by atoms with Crippen molar-refractivity contribution in [3.8, 4) is 10.4 Å². The highest BCUT2D eigenvalue weighted by Gasteiger charge is 2.37. The summed E-state index contributed by atoms with van der Waals surface area (Å²) in [6, 6.07) is 12.8. The van der Waals surface area contributed by atoms with Crippen LogP contribution < -0.4 is 5.56 Å². The second-order valence-corrected chi connectivity index (χ2v) is 8.88. The summed E-state index contributed by atoms with van der Waals surface area (Å²) < 4.78 is 0. The molecule has 0 saturated carbocycles. The number of aromatic amines is 1. The van der Waals surface area contributed by atoms with Gasteiger partial charge in [-0.3, -0.25) is 9.69 Å². The summed E-state index contributed by atoms with van der Waals surface area (Å²) in [5, 5.41) is 0.694. The molecule has 27 heavy (non-hydrogen) atoms. The van der Waals surface area contributed by atoms with Crippen molar-refractivity contribution in [2.75, 3.05) is 26.7 Å². The van der Waals surface area contributed by atoms with Gasteiger partial charge >= 0.3 is 0 Å². The number of likely N-dealkylation sites (N-methyl/N-ethyl adjacent to an activating group) is 1. The molecule has 2 aromatic heterocycles. The zero-order chi connectivity index (χ0) is 18.4.